The van der Waals surface area contributed by atoms with Gasteiger partial charge in [0.2, 0.25) is 0 Å². The zero-order valence-corrected chi connectivity index (χ0v) is 29.7. The number of para-hydroxylation sites is 1. The Morgan fingerprint density at radius 3 is 1.37 bits per heavy atom. The molecule has 1 unspecified atom stereocenters. The number of nitrogens with one attached hydrogen (secondary N) is 2. The fourth-order valence-corrected chi connectivity index (χ4v) is 7.63. The van der Waals surface area contributed by atoms with Crippen LogP contribution in [-0.4, -0.2) is 25.9 Å². The molecule has 1 atom stereocenters. The Labute approximate surface area is 289 Å². The van der Waals surface area contributed by atoms with E-state index in [9.17, 15) is 25.9 Å². The smallest absolute Gasteiger partial charge is 0.294 e. The maximum absolute atomic E-state index is 12.5. The summed E-state index contributed by atoms with van der Waals surface area (Å²) < 4.78 is 68.7. The minimum absolute atomic E-state index is 0.135. The Balaban J connectivity index is 1.54. The van der Waals surface area contributed by atoms with E-state index in [1.807, 2.05) is 62.4 Å². The van der Waals surface area contributed by atoms with Crippen LogP contribution in [0.25, 0.3) is 0 Å². The average Bonchev–Trinajstić information content (AvgIpc) is 3.09. The molecule has 0 saturated heterocycles. The number of aryl methyl sites for hydroxylation is 4. The van der Waals surface area contributed by atoms with E-state index in [1.165, 1.54) is 29.3 Å². The number of hydrogen-bond donors (Lipinski definition) is 4. The summed E-state index contributed by atoms with van der Waals surface area (Å²) in [6.07, 6.45) is 2.87. The van der Waals surface area contributed by atoms with Gasteiger partial charge in [0, 0.05) is 28.7 Å². The molecule has 0 aromatic heterocycles. The van der Waals surface area contributed by atoms with Crippen molar-refractivity contribution in [3.63, 3.8) is 0 Å². The molecule has 0 radical (unpaired) electrons. The van der Waals surface area contributed by atoms with Gasteiger partial charge >= 0.3 is 0 Å². The first kappa shape index (κ1) is 35.8. The highest BCUT2D eigenvalue weighted by Crippen LogP contribution is 2.38. The second-order valence-electron chi connectivity index (χ2n) is 11.9. The second kappa shape index (κ2) is 15.0. The Hall–Kier alpha value is -4.48. The molecule has 4 N–H and O–H groups in total. The summed E-state index contributed by atoms with van der Waals surface area (Å²) in [6, 6.07) is 31.3. The normalized spacial score (nSPS) is 12.4. The quantitative estimate of drug-likeness (QED) is 0.0707. The van der Waals surface area contributed by atoms with Crippen LogP contribution in [0.3, 0.4) is 0 Å². The topological polar surface area (TPSA) is 133 Å². The third-order valence-corrected chi connectivity index (χ3v) is 10.6. The van der Waals surface area contributed by atoms with E-state index in [2.05, 4.69) is 42.7 Å². The van der Waals surface area contributed by atoms with Gasteiger partial charge in [-0.25, -0.2) is 0 Å². The molecular formula is C39H42N2O6S2. The van der Waals surface area contributed by atoms with E-state index in [0.29, 0.717) is 18.4 Å². The highest BCUT2D eigenvalue weighted by atomic mass is 32.2. The third-order valence-electron chi connectivity index (χ3n) is 8.87. The third kappa shape index (κ3) is 8.05. The Kier molecular flexibility index (Phi) is 10.9. The van der Waals surface area contributed by atoms with Gasteiger partial charge in [-0.1, -0.05) is 88.4 Å². The Bertz CT molecular complexity index is 2120. The zero-order valence-electron chi connectivity index (χ0n) is 28.1. The second-order valence-corrected chi connectivity index (χ2v) is 14.7. The number of hydrogen-bond acceptors (Lipinski definition) is 6. The summed E-state index contributed by atoms with van der Waals surface area (Å²) in [6.45, 7) is 8.10. The van der Waals surface area contributed by atoms with Gasteiger partial charge in [-0.3, -0.25) is 9.11 Å². The molecule has 0 aliphatic carbocycles. The Morgan fingerprint density at radius 2 is 0.959 bits per heavy atom. The molecule has 5 rings (SSSR count). The summed E-state index contributed by atoms with van der Waals surface area (Å²) >= 11 is 0. The lowest BCUT2D eigenvalue weighted by Crippen LogP contribution is -2.10. The molecule has 49 heavy (non-hydrogen) atoms. The van der Waals surface area contributed by atoms with Gasteiger partial charge in [-0.05, 0) is 107 Å². The van der Waals surface area contributed by atoms with Crippen molar-refractivity contribution in [3.8, 4) is 0 Å². The largest absolute Gasteiger partial charge is 0.355 e. The SMILES string of the molecule is CCc1cccc(CC)c1Nc1ccc(C(c2ccc(Nc3c(CC)cc(S(=O)(=O)O)cc3CC)cc2)c2ccccc2S(=O)(=O)O)cc1. The van der Waals surface area contributed by atoms with Crippen molar-refractivity contribution < 1.29 is 25.9 Å². The molecule has 0 heterocycles. The van der Waals surface area contributed by atoms with Crippen LogP contribution < -0.4 is 10.6 Å². The van der Waals surface area contributed by atoms with Crippen molar-refractivity contribution >= 4 is 43.0 Å². The van der Waals surface area contributed by atoms with Crippen molar-refractivity contribution in [1.29, 1.82) is 0 Å². The predicted octanol–water partition coefficient (Wildman–Crippen LogP) is 9.10. The Morgan fingerprint density at radius 1 is 0.531 bits per heavy atom. The van der Waals surface area contributed by atoms with Crippen molar-refractivity contribution in [3.05, 3.63) is 142 Å². The molecule has 0 spiro atoms. The van der Waals surface area contributed by atoms with E-state index < -0.39 is 26.2 Å². The lowest BCUT2D eigenvalue weighted by atomic mass is 9.85. The van der Waals surface area contributed by atoms with Crippen molar-refractivity contribution in [1.82, 2.24) is 0 Å². The van der Waals surface area contributed by atoms with Crippen LogP contribution in [0.15, 0.2) is 113 Å². The molecular weight excluding hydrogens is 657 g/mol. The molecule has 10 heteroatoms. The molecule has 0 aliphatic rings. The van der Waals surface area contributed by atoms with Gasteiger partial charge in [0.05, 0.1) is 9.79 Å². The van der Waals surface area contributed by atoms with E-state index >= 15 is 0 Å². The van der Waals surface area contributed by atoms with Gasteiger partial charge in [0.25, 0.3) is 20.2 Å². The van der Waals surface area contributed by atoms with Crippen molar-refractivity contribution in [2.75, 3.05) is 10.6 Å². The van der Waals surface area contributed by atoms with E-state index in [-0.39, 0.29) is 9.79 Å². The van der Waals surface area contributed by atoms with Crippen LogP contribution in [0.4, 0.5) is 22.7 Å². The maximum atomic E-state index is 12.5. The molecule has 5 aromatic carbocycles. The molecule has 0 saturated carbocycles. The first-order chi connectivity index (χ1) is 23.4. The lowest BCUT2D eigenvalue weighted by molar-refractivity contribution is 0.480. The molecule has 8 nitrogen and oxygen atoms in total. The van der Waals surface area contributed by atoms with Crippen molar-refractivity contribution in [2.45, 2.75) is 69.1 Å². The van der Waals surface area contributed by atoms with E-state index in [0.717, 1.165) is 57.8 Å². The van der Waals surface area contributed by atoms with Crippen molar-refractivity contribution in [2.24, 2.45) is 0 Å². The van der Waals surface area contributed by atoms with Crippen LogP contribution in [0, 0.1) is 0 Å². The molecule has 0 amide bonds. The molecule has 256 valence electrons. The molecule has 0 bridgehead atoms. The van der Waals surface area contributed by atoms with Crippen LogP contribution >= 0.6 is 0 Å². The number of anilines is 4. The fourth-order valence-electron chi connectivity index (χ4n) is 6.32. The van der Waals surface area contributed by atoms with Gasteiger partial charge < -0.3 is 10.6 Å². The maximum Gasteiger partial charge on any atom is 0.294 e. The summed E-state index contributed by atoms with van der Waals surface area (Å²) in [5.41, 5.74) is 9.55. The molecule has 5 aromatic rings. The van der Waals surface area contributed by atoms with Crippen LogP contribution in [-0.2, 0) is 45.9 Å². The van der Waals surface area contributed by atoms with E-state index in [1.54, 1.807) is 18.2 Å². The highest BCUT2D eigenvalue weighted by Gasteiger charge is 2.25. The first-order valence-corrected chi connectivity index (χ1v) is 19.3. The lowest BCUT2D eigenvalue weighted by Gasteiger charge is -2.22. The predicted molar refractivity (Wildman–Crippen MR) is 197 cm³/mol. The standard InChI is InChI=1S/C39H42N2O6S2/c1-5-26-12-11-13-27(6-2)38(26)40-32-20-16-30(17-21-32)37(35-14-9-10-15-36(35)49(45,46)47)31-18-22-33(23-19-31)41-39-28(7-3)24-34(48(42,43)44)25-29(39)8-4/h9-25,37,40-41H,5-8H2,1-4H3,(H,42,43,44)(H,45,46,47). The van der Waals surface area contributed by atoms with Crippen LogP contribution in [0.5, 0.6) is 0 Å². The highest BCUT2D eigenvalue weighted by molar-refractivity contribution is 7.86. The molecule has 0 fully saturated rings. The average molecular weight is 699 g/mol. The first-order valence-electron chi connectivity index (χ1n) is 16.4. The zero-order chi connectivity index (χ0) is 35.3. The van der Waals surface area contributed by atoms with Crippen LogP contribution in [0.1, 0.15) is 72.6 Å². The number of benzene rings is 5. The van der Waals surface area contributed by atoms with Gasteiger partial charge in [0.15, 0.2) is 0 Å². The minimum atomic E-state index is -4.52. The summed E-state index contributed by atoms with van der Waals surface area (Å²) in [5, 5.41) is 7.03. The van der Waals surface area contributed by atoms with Gasteiger partial charge in [-0.2, -0.15) is 16.8 Å². The minimum Gasteiger partial charge on any atom is -0.355 e. The summed E-state index contributed by atoms with van der Waals surface area (Å²) in [7, 11) is -8.88. The number of rotatable bonds is 13. The monoisotopic (exact) mass is 698 g/mol. The molecule has 0 aliphatic heterocycles. The van der Waals surface area contributed by atoms with Gasteiger partial charge in [-0.15, -0.1) is 0 Å². The summed E-state index contributed by atoms with van der Waals surface area (Å²) in [4.78, 5) is -0.294. The van der Waals surface area contributed by atoms with Crippen LogP contribution in [0.2, 0.25) is 0 Å². The fraction of sp³-hybridized carbons (Fsp3) is 0.231. The van der Waals surface area contributed by atoms with E-state index in [4.69, 9.17) is 0 Å². The van der Waals surface area contributed by atoms with Gasteiger partial charge in [0.1, 0.15) is 0 Å². The summed E-state index contributed by atoms with van der Waals surface area (Å²) in [5.74, 6) is -0.526.